The van der Waals surface area contributed by atoms with Crippen LogP contribution >= 0.6 is 15.9 Å². The van der Waals surface area contributed by atoms with Crippen molar-refractivity contribution in [2.24, 2.45) is 11.7 Å². The summed E-state index contributed by atoms with van der Waals surface area (Å²) in [4.78, 5) is 23.9. The van der Waals surface area contributed by atoms with Gasteiger partial charge >= 0.3 is 0 Å². The van der Waals surface area contributed by atoms with Crippen LogP contribution in [0, 0.1) is 5.92 Å². The summed E-state index contributed by atoms with van der Waals surface area (Å²) >= 11 is 3.32. The molecule has 0 aliphatic rings. The van der Waals surface area contributed by atoms with Gasteiger partial charge in [0.05, 0.1) is 5.54 Å². The van der Waals surface area contributed by atoms with Crippen molar-refractivity contribution in [3.8, 4) is 0 Å². The number of hydrogen-bond acceptors (Lipinski definition) is 3. The first-order valence-corrected chi connectivity index (χ1v) is 8.12. The van der Waals surface area contributed by atoms with Gasteiger partial charge in [-0.3, -0.25) is 9.59 Å². The molecule has 0 fully saturated rings. The van der Waals surface area contributed by atoms with Crippen molar-refractivity contribution >= 4 is 27.7 Å². The highest BCUT2D eigenvalue weighted by Gasteiger charge is 2.28. The quantitative estimate of drug-likeness (QED) is 0.687. The predicted molar refractivity (Wildman–Crippen MR) is 91.5 cm³/mol. The topological polar surface area (TPSA) is 84.2 Å². The van der Waals surface area contributed by atoms with E-state index in [2.05, 4.69) is 26.6 Å². The Morgan fingerprint density at radius 3 is 2.36 bits per heavy atom. The van der Waals surface area contributed by atoms with Crippen LogP contribution in [0.4, 0.5) is 0 Å². The molecule has 0 radical (unpaired) electrons. The molecule has 0 aromatic heterocycles. The van der Waals surface area contributed by atoms with Gasteiger partial charge in [-0.15, -0.1) is 0 Å². The van der Waals surface area contributed by atoms with E-state index in [0.29, 0.717) is 18.7 Å². The average Bonchev–Trinajstić information content (AvgIpc) is 2.47. The number of amides is 2. The van der Waals surface area contributed by atoms with Gasteiger partial charge in [-0.1, -0.05) is 29.8 Å². The Bertz CT molecular complexity index is 517. The molecule has 22 heavy (non-hydrogen) atoms. The molecule has 1 atom stereocenters. The number of rotatable bonds is 7. The van der Waals surface area contributed by atoms with Crippen LogP contribution in [-0.4, -0.2) is 30.4 Å². The minimum absolute atomic E-state index is 0.113. The monoisotopic (exact) mass is 369 g/mol. The van der Waals surface area contributed by atoms with E-state index in [1.54, 1.807) is 24.3 Å². The number of halogens is 1. The summed E-state index contributed by atoms with van der Waals surface area (Å²) in [6.07, 6.45) is 0.227. The summed E-state index contributed by atoms with van der Waals surface area (Å²) in [6, 6.07) is 7.06. The van der Waals surface area contributed by atoms with E-state index in [0.717, 1.165) is 4.47 Å². The Labute approximate surface area is 140 Å². The number of carbonyl (C=O) groups is 2. The van der Waals surface area contributed by atoms with Crippen molar-refractivity contribution < 1.29 is 9.59 Å². The zero-order valence-electron chi connectivity index (χ0n) is 13.3. The highest BCUT2D eigenvalue weighted by Crippen LogP contribution is 2.14. The van der Waals surface area contributed by atoms with E-state index < -0.39 is 5.54 Å². The first-order valence-electron chi connectivity index (χ1n) is 7.33. The second-order valence-electron chi connectivity index (χ2n) is 5.84. The van der Waals surface area contributed by atoms with Crippen LogP contribution in [-0.2, 0) is 4.79 Å². The number of nitrogens with one attached hydrogen (secondary N) is 2. The van der Waals surface area contributed by atoms with Gasteiger partial charge in [-0.05, 0) is 37.1 Å². The number of nitrogens with two attached hydrogens (primary N) is 1. The van der Waals surface area contributed by atoms with Gasteiger partial charge < -0.3 is 16.4 Å². The summed E-state index contributed by atoms with van der Waals surface area (Å²) in [5.74, 6) is -0.0673. The first-order chi connectivity index (χ1) is 10.3. The highest BCUT2D eigenvalue weighted by atomic mass is 79.9. The largest absolute Gasteiger partial charge is 0.352 e. The van der Waals surface area contributed by atoms with Crippen molar-refractivity contribution in [3.05, 3.63) is 34.3 Å². The average molecular weight is 370 g/mol. The third-order valence-corrected chi connectivity index (χ3v) is 4.40. The Kier molecular flexibility index (Phi) is 7.03. The molecule has 6 heteroatoms. The van der Waals surface area contributed by atoms with Crippen molar-refractivity contribution in [1.29, 1.82) is 0 Å². The maximum absolute atomic E-state index is 12.0. The molecule has 0 heterocycles. The van der Waals surface area contributed by atoms with Crippen LogP contribution in [0.2, 0.25) is 0 Å². The van der Waals surface area contributed by atoms with E-state index in [9.17, 15) is 9.59 Å². The Morgan fingerprint density at radius 2 is 1.86 bits per heavy atom. The van der Waals surface area contributed by atoms with Crippen LogP contribution < -0.4 is 16.4 Å². The van der Waals surface area contributed by atoms with Gasteiger partial charge in [0.25, 0.3) is 5.91 Å². The molecule has 1 rings (SSSR count). The number of hydrogen-bond donors (Lipinski definition) is 3. The van der Waals surface area contributed by atoms with Crippen molar-refractivity contribution in [2.75, 3.05) is 13.1 Å². The van der Waals surface area contributed by atoms with Gasteiger partial charge in [0.15, 0.2) is 0 Å². The molecule has 4 N–H and O–H groups in total. The lowest BCUT2D eigenvalue weighted by Crippen LogP contribution is -2.55. The standard InChI is InChI=1S/C16H24BrN3O2/c1-11(2)16(3,10-18)20-14(21)8-9-19-15(22)12-4-6-13(17)7-5-12/h4-7,11H,8-10,18H2,1-3H3,(H,19,22)(H,20,21). The minimum atomic E-state index is -0.424. The molecule has 122 valence electrons. The predicted octanol–water partition coefficient (Wildman–Crippen LogP) is 2.06. The summed E-state index contributed by atoms with van der Waals surface area (Å²) in [5.41, 5.74) is 5.88. The molecule has 0 spiro atoms. The van der Waals surface area contributed by atoms with Crippen molar-refractivity contribution in [3.63, 3.8) is 0 Å². The molecule has 0 aliphatic heterocycles. The van der Waals surface area contributed by atoms with Crippen LogP contribution in [0.5, 0.6) is 0 Å². The van der Waals surface area contributed by atoms with Gasteiger partial charge in [0, 0.05) is 29.5 Å². The highest BCUT2D eigenvalue weighted by molar-refractivity contribution is 9.10. The number of carbonyl (C=O) groups excluding carboxylic acids is 2. The van der Waals surface area contributed by atoms with Crippen molar-refractivity contribution in [1.82, 2.24) is 10.6 Å². The minimum Gasteiger partial charge on any atom is -0.352 e. The molecule has 0 bridgehead atoms. The number of benzene rings is 1. The molecule has 5 nitrogen and oxygen atoms in total. The second-order valence-corrected chi connectivity index (χ2v) is 6.75. The summed E-state index contributed by atoms with van der Waals surface area (Å²) in [7, 11) is 0. The fourth-order valence-electron chi connectivity index (χ4n) is 1.80. The van der Waals surface area contributed by atoms with E-state index in [4.69, 9.17) is 5.73 Å². The molecule has 1 unspecified atom stereocenters. The third kappa shape index (κ3) is 5.42. The lowest BCUT2D eigenvalue weighted by atomic mass is 9.88. The first kappa shape index (κ1) is 18.6. The van der Waals surface area contributed by atoms with Gasteiger partial charge in [0.1, 0.15) is 0 Å². The molecule has 1 aromatic carbocycles. The molecule has 1 aromatic rings. The van der Waals surface area contributed by atoms with Gasteiger partial charge in [-0.2, -0.15) is 0 Å². The van der Waals surface area contributed by atoms with E-state index in [1.807, 2.05) is 20.8 Å². The van der Waals surface area contributed by atoms with E-state index in [1.165, 1.54) is 0 Å². The van der Waals surface area contributed by atoms with Crippen molar-refractivity contribution in [2.45, 2.75) is 32.7 Å². The molecule has 0 saturated carbocycles. The summed E-state index contributed by atoms with van der Waals surface area (Å²) < 4.78 is 0.915. The van der Waals surface area contributed by atoms with Crippen LogP contribution in [0.25, 0.3) is 0 Å². The fourth-order valence-corrected chi connectivity index (χ4v) is 2.07. The lowest BCUT2D eigenvalue weighted by Gasteiger charge is -2.33. The normalized spacial score (nSPS) is 13.5. The maximum atomic E-state index is 12.0. The van der Waals surface area contributed by atoms with E-state index >= 15 is 0 Å². The SMILES string of the molecule is CC(C)C(C)(CN)NC(=O)CCNC(=O)c1ccc(Br)cc1. The molecule has 0 saturated heterocycles. The second kappa shape index (κ2) is 8.29. The van der Waals surface area contributed by atoms with Gasteiger partial charge in [-0.25, -0.2) is 0 Å². The maximum Gasteiger partial charge on any atom is 0.251 e. The fraction of sp³-hybridized carbons (Fsp3) is 0.500. The lowest BCUT2D eigenvalue weighted by molar-refractivity contribution is -0.123. The Morgan fingerprint density at radius 1 is 1.27 bits per heavy atom. The summed E-state index contributed by atoms with van der Waals surface area (Å²) in [6.45, 7) is 6.63. The van der Waals surface area contributed by atoms with E-state index in [-0.39, 0.29) is 24.2 Å². The molecular weight excluding hydrogens is 346 g/mol. The smallest absolute Gasteiger partial charge is 0.251 e. The van der Waals surface area contributed by atoms with Gasteiger partial charge in [0.2, 0.25) is 5.91 Å². The molecule has 0 aliphatic carbocycles. The Hall–Kier alpha value is -1.40. The molecular formula is C16H24BrN3O2. The van der Waals surface area contributed by atoms with Crippen LogP contribution in [0.3, 0.4) is 0 Å². The third-order valence-electron chi connectivity index (χ3n) is 3.87. The summed E-state index contributed by atoms with van der Waals surface area (Å²) in [5, 5.41) is 5.68. The van der Waals surface area contributed by atoms with Crippen LogP contribution in [0.15, 0.2) is 28.7 Å². The zero-order valence-corrected chi connectivity index (χ0v) is 14.9. The zero-order chi connectivity index (χ0) is 16.8. The Balaban J connectivity index is 2.42. The van der Waals surface area contributed by atoms with Crippen LogP contribution in [0.1, 0.15) is 37.6 Å². The molecule has 2 amide bonds.